The molecule has 3 atom stereocenters. The van der Waals surface area contributed by atoms with Crippen molar-refractivity contribution in [3.63, 3.8) is 0 Å². The topological polar surface area (TPSA) is 109 Å². The number of para-hydroxylation sites is 1. The van der Waals surface area contributed by atoms with Crippen LogP contribution < -0.4 is 19.5 Å². The van der Waals surface area contributed by atoms with Crippen LogP contribution in [0.5, 0.6) is 17.2 Å². The molecular formula is C31H35NO8. The van der Waals surface area contributed by atoms with Crippen LogP contribution in [-0.4, -0.2) is 52.3 Å². The quantitative estimate of drug-likeness (QED) is 0.359. The molecule has 212 valence electrons. The summed E-state index contributed by atoms with van der Waals surface area (Å²) in [5.41, 5.74) is 3.12. The molecule has 1 aliphatic carbocycles. The summed E-state index contributed by atoms with van der Waals surface area (Å²) in [5.74, 6) is -2.56. The summed E-state index contributed by atoms with van der Waals surface area (Å²) >= 11 is 0. The lowest BCUT2D eigenvalue weighted by atomic mass is 9.67. The van der Waals surface area contributed by atoms with Gasteiger partial charge < -0.3 is 29.0 Å². The largest absolute Gasteiger partial charge is 0.497 e. The second-order valence-electron chi connectivity index (χ2n) is 9.47. The number of nitrogens with one attached hydrogen (secondary N) is 1. The van der Waals surface area contributed by atoms with Crippen LogP contribution >= 0.6 is 0 Å². The molecule has 1 N–H and O–H groups in total. The molecule has 0 bridgehead atoms. The Morgan fingerprint density at radius 1 is 0.925 bits per heavy atom. The average Bonchev–Trinajstić information content (AvgIpc) is 2.95. The fourth-order valence-corrected chi connectivity index (χ4v) is 5.63. The third-order valence-corrected chi connectivity index (χ3v) is 7.34. The van der Waals surface area contributed by atoms with E-state index < -0.39 is 35.5 Å². The number of rotatable bonds is 9. The van der Waals surface area contributed by atoms with E-state index in [1.54, 1.807) is 58.2 Å². The lowest BCUT2D eigenvalue weighted by Crippen LogP contribution is -2.43. The molecule has 4 rings (SSSR count). The minimum absolute atomic E-state index is 0.127. The van der Waals surface area contributed by atoms with Crippen molar-refractivity contribution in [2.75, 3.05) is 34.5 Å². The predicted molar refractivity (Wildman–Crippen MR) is 147 cm³/mol. The first-order valence-electron chi connectivity index (χ1n) is 13.2. The molecule has 9 heteroatoms. The van der Waals surface area contributed by atoms with Crippen molar-refractivity contribution in [1.82, 2.24) is 5.32 Å². The Morgan fingerprint density at radius 3 is 2.23 bits per heavy atom. The van der Waals surface area contributed by atoms with Crippen LogP contribution in [0.15, 0.2) is 65.0 Å². The van der Waals surface area contributed by atoms with E-state index >= 15 is 0 Å². The van der Waals surface area contributed by atoms with Gasteiger partial charge in [-0.15, -0.1) is 0 Å². The van der Waals surface area contributed by atoms with Crippen molar-refractivity contribution in [2.24, 2.45) is 5.92 Å². The highest BCUT2D eigenvalue weighted by atomic mass is 16.5. The number of ketones is 1. The van der Waals surface area contributed by atoms with Crippen molar-refractivity contribution < 1.29 is 38.1 Å². The molecule has 3 unspecified atom stereocenters. The number of hydrogen-bond acceptors (Lipinski definition) is 9. The van der Waals surface area contributed by atoms with Gasteiger partial charge in [-0.3, -0.25) is 9.59 Å². The van der Waals surface area contributed by atoms with E-state index in [1.165, 1.54) is 14.2 Å². The van der Waals surface area contributed by atoms with Crippen LogP contribution in [0.4, 0.5) is 0 Å². The van der Waals surface area contributed by atoms with Gasteiger partial charge in [-0.2, -0.15) is 0 Å². The molecule has 0 spiro atoms. The van der Waals surface area contributed by atoms with Crippen LogP contribution in [0, 0.1) is 5.92 Å². The van der Waals surface area contributed by atoms with E-state index in [2.05, 4.69) is 5.32 Å². The van der Waals surface area contributed by atoms with E-state index in [1.807, 2.05) is 12.1 Å². The first-order chi connectivity index (χ1) is 19.3. The number of allylic oxidation sites excluding steroid dienone is 3. The van der Waals surface area contributed by atoms with Gasteiger partial charge in [0, 0.05) is 28.4 Å². The average molecular weight is 550 g/mol. The Hall–Kier alpha value is -4.27. The van der Waals surface area contributed by atoms with E-state index in [9.17, 15) is 14.4 Å². The summed E-state index contributed by atoms with van der Waals surface area (Å²) in [6.45, 7) is 5.48. The maximum absolute atomic E-state index is 14.5. The number of carbonyl (C=O) groups is 3. The Balaban J connectivity index is 1.95. The van der Waals surface area contributed by atoms with Gasteiger partial charge in [-0.05, 0) is 51.0 Å². The summed E-state index contributed by atoms with van der Waals surface area (Å²) in [6.07, 6.45) is 0.340. The van der Waals surface area contributed by atoms with Crippen molar-refractivity contribution in [3.8, 4) is 17.2 Å². The molecular weight excluding hydrogens is 514 g/mol. The van der Waals surface area contributed by atoms with Gasteiger partial charge in [0.05, 0.1) is 46.0 Å². The Bertz CT molecular complexity index is 1360. The minimum atomic E-state index is -1.12. The number of carbonyl (C=O) groups excluding carboxylic acids is 3. The van der Waals surface area contributed by atoms with Gasteiger partial charge in [0.25, 0.3) is 0 Å². The summed E-state index contributed by atoms with van der Waals surface area (Å²) in [4.78, 5) is 41.2. The molecule has 40 heavy (non-hydrogen) atoms. The molecule has 0 saturated heterocycles. The van der Waals surface area contributed by atoms with Crippen molar-refractivity contribution in [2.45, 2.75) is 39.0 Å². The van der Waals surface area contributed by atoms with Crippen LogP contribution in [-0.2, 0) is 23.9 Å². The molecule has 0 aromatic heterocycles. The number of hydrogen-bond donors (Lipinski definition) is 1. The third-order valence-electron chi connectivity index (χ3n) is 7.34. The van der Waals surface area contributed by atoms with Gasteiger partial charge in [-0.25, -0.2) is 4.79 Å². The Labute approximate surface area is 234 Å². The van der Waals surface area contributed by atoms with Gasteiger partial charge in [0.15, 0.2) is 17.3 Å². The maximum atomic E-state index is 14.5. The van der Waals surface area contributed by atoms with Crippen molar-refractivity contribution in [1.29, 1.82) is 0 Å². The van der Waals surface area contributed by atoms with Gasteiger partial charge in [-0.1, -0.05) is 24.3 Å². The molecule has 2 aromatic rings. The molecule has 9 nitrogen and oxygen atoms in total. The summed E-state index contributed by atoms with van der Waals surface area (Å²) < 4.78 is 27.4. The van der Waals surface area contributed by atoms with Crippen molar-refractivity contribution in [3.05, 3.63) is 76.1 Å². The Morgan fingerprint density at radius 2 is 1.62 bits per heavy atom. The fourth-order valence-electron chi connectivity index (χ4n) is 5.63. The first-order valence-corrected chi connectivity index (χ1v) is 13.2. The van der Waals surface area contributed by atoms with E-state index in [0.29, 0.717) is 46.2 Å². The third kappa shape index (κ3) is 5.15. The number of esters is 2. The summed E-state index contributed by atoms with van der Waals surface area (Å²) in [5, 5.41) is 3.31. The highest BCUT2D eigenvalue weighted by molar-refractivity contribution is 6.13. The standard InChI is InChI=1S/C31H35NO8/c1-7-39-30(34)24-17(3)32-22-16-21(18-12-14-19(36-4)15-13-18)26(31(35)40-8-2)28(33)27(22)25(24)20-10-9-11-23(37-5)29(20)38-6/h9-15,21,25-26,32H,7-8,16H2,1-6H3. The number of benzene rings is 2. The van der Waals surface area contributed by atoms with Crippen LogP contribution in [0.3, 0.4) is 0 Å². The molecule has 1 heterocycles. The van der Waals surface area contributed by atoms with Crippen molar-refractivity contribution >= 4 is 17.7 Å². The second kappa shape index (κ2) is 12.3. The van der Waals surface area contributed by atoms with Crippen LogP contribution in [0.1, 0.15) is 50.2 Å². The first kappa shape index (κ1) is 28.7. The van der Waals surface area contributed by atoms with Gasteiger partial charge in [0.2, 0.25) is 0 Å². The molecule has 0 radical (unpaired) electrons. The van der Waals surface area contributed by atoms with Crippen LogP contribution in [0.25, 0.3) is 0 Å². The maximum Gasteiger partial charge on any atom is 0.336 e. The van der Waals surface area contributed by atoms with Gasteiger partial charge in [0.1, 0.15) is 11.7 Å². The normalized spacial score (nSPS) is 20.4. The predicted octanol–water partition coefficient (Wildman–Crippen LogP) is 4.43. The van der Waals surface area contributed by atoms with Gasteiger partial charge >= 0.3 is 11.9 Å². The van der Waals surface area contributed by atoms with E-state index in [0.717, 1.165) is 5.56 Å². The second-order valence-corrected chi connectivity index (χ2v) is 9.47. The Kier molecular flexibility index (Phi) is 8.82. The summed E-state index contributed by atoms with van der Waals surface area (Å²) in [6, 6.07) is 12.6. The number of ether oxygens (including phenoxy) is 5. The molecule has 2 aliphatic rings. The lowest BCUT2D eigenvalue weighted by molar-refractivity contribution is -0.152. The number of Topliss-reactive ketones (excluding diaryl/α,β-unsaturated/α-hetero) is 1. The number of dihydropyridines is 1. The lowest BCUT2D eigenvalue weighted by Gasteiger charge is -2.39. The molecule has 0 fully saturated rings. The minimum Gasteiger partial charge on any atom is -0.497 e. The monoisotopic (exact) mass is 549 g/mol. The SMILES string of the molecule is CCOC(=O)C1=C(C)NC2=C(C(=O)C(C(=O)OCC)C(c3ccc(OC)cc3)C2)C1c1cccc(OC)c1OC. The fraction of sp³-hybridized carbons (Fsp3) is 0.387. The summed E-state index contributed by atoms with van der Waals surface area (Å²) in [7, 11) is 4.60. The van der Waals surface area contributed by atoms with Crippen LogP contribution in [0.2, 0.25) is 0 Å². The van der Waals surface area contributed by atoms with E-state index in [4.69, 9.17) is 23.7 Å². The molecule has 0 amide bonds. The molecule has 2 aromatic carbocycles. The highest BCUT2D eigenvalue weighted by Crippen LogP contribution is 2.51. The molecule has 0 saturated carbocycles. The number of methoxy groups -OCH3 is 3. The zero-order valence-corrected chi connectivity index (χ0v) is 23.7. The zero-order chi connectivity index (χ0) is 29.0. The zero-order valence-electron chi connectivity index (χ0n) is 23.7. The highest BCUT2D eigenvalue weighted by Gasteiger charge is 2.49. The van der Waals surface area contributed by atoms with E-state index in [-0.39, 0.29) is 18.8 Å². The smallest absolute Gasteiger partial charge is 0.336 e. The molecule has 1 aliphatic heterocycles.